The number of carbonyl (C=O) groups is 1. The van der Waals surface area contributed by atoms with Crippen molar-refractivity contribution in [3.05, 3.63) is 59.7 Å². The number of rotatable bonds is 7. The molecule has 2 aromatic carbocycles. The van der Waals surface area contributed by atoms with E-state index in [9.17, 15) is 9.90 Å². The third-order valence-electron chi connectivity index (χ3n) is 6.34. The Hall–Kier alpha value is -2.08. The highest BCUT2D eigenvalue weighted by atomic mass is 35.5. The number of hydrogen-bond acceptors (Lipinski definition) is 4. The van der Waals surface area contributed by atoms with Gasteiger partial charge in [0.15, 0.2) is 0 Å². The zero-order valence-corrected chi connectivity index (χ0v) is 19.0. The predicted octanol–water partition coefficient (Wildman–Crippen LogP) is 5.07. The van der Waals surface area contributed by atoms with Crippen molar-refractivity contribution in [1.82, 2.24) is 4.90 Å². The molecule has 168 valence electrons. The normalized spacial score (nSPS) is 20.9. The van der Waals surface area contributed by atoms with Crippen LogP contribution in [0.5, 0.6) is 0 Å². The zero-order chi connectivity index (χ0) is 20.9. The van der Waals surface area contributed by atoms with Gasteiger partial charge in [0.25, 0.3) is 0 Å². The molecule has 0 aromatic heterocycles. The number of carboxylic acid groups (broad SMARTS) is 1. The van der Waals surface area contributed by atoms with E-state index in [0.29, 0.717) is 13.2 Å². The predicted molar refractivity (Wildman–Crippen MR) is 127 cm³/mol. The average molecular weight is 445 g/mol. The van der Waals surface area contributed by atoms with Gasteiger partial charge in [-0.15, -0.1) is 12.4 Å². The summed E-state index contributed by atoms with van der Waals surface area (Å²) < 4.78 is 6.14. The van der Waals surface area contributed by atoms with Gasteiger partial charge in [0, 0.05) is 43.1 Å². The molecule has 0 spiro atoms. The van der Waals surface area contributed by atoms with E-state index >= 15 is 0 Å². The second-order valence-electron chi connectivity index (χ2n) is 8.32. The summed E-state index contributed by atoms with van der Waals surface area (Å²) in [6.07, 6.45) is 3.72. The van der Waals surface area contributed by atoms with Gasteiger partial charge < -0.3 is 19.6 Å². The Balaban J connectivity index is 0.00000272. The van der Waals surface area contributed by atoms with Crippen LogP contribution in [0.1, 0.15) is 43.4 Å². The standard InChI is InChI=1S/C25H32N2O3.ClH/c1-2-30-24-17-19-9-3-5-12-22(19)27(23-13-6-4-11-21(23)24)16-8-15-26-14-7-10-20(18-26)25(28)29;/h3-6,9,11-13,20,24H,2,7-8,10,14-18H2,1H3,(H,28,29);1H/t20?,24-;/m1./s1. The van der Waals surface area contributed by atoms with Crippen molar-refractivity contribution in [3.8, 4) is 0 Å². The first-order chi connectivity index (χ1) is 14.7. The van der Waals surface area contributed by atoms with Gasteiger partial charge in [-0.05, 0) is 57.0 Å². The first-order valence-electron chi connectivity index (χ1n) is 11.2. The molecule has 1 N–H and O–H groups in total. The summed E-state index contributed by atoms with van der Waals surface area (Å²) >= 11 is 0. The van der Waals surface area contributed by atoms with Crippen molar-refractivity contribution in [2.24, 2.45) is 5.92 Å². The molecule has 2 aliphatic rings. The number of nitrogens with zero attached hydrogens (tertiary/aromatic N) is 2. The van der Waals surface area contributed by atoms with Gasteiger partial charge in [0.2, 0.25) is 0 Å². The molecule has 31 heavy (non-hydrogen) atoms. The molecule has 1 saturated heterocycles. The number of benzene rings is 2. The van der Waals surface area contributed by atoms with E-state index in [4.69, 9.17) is 4.74 Å². The first kappa shape index (κ1) is 23.6. The summed E-state index contributed by atoms with van der Waals surface area (Å²) in [5.74, 6) is -0.873. The largest absolute Gasteiger partial charge is 0.481 e. The molecule has 2 heterocycles. The summed E-state index contributed by atoms with van der Waals surface area (Å²) in [4.78, 5) is 16.1. The van der Waals surface area contributed by atoms with Crippen molar-refractivity contribution in [3.63, 3.8) is 0 Å². The number of carboxylic acids is 1. The minimum atomic E-state index is -0.656. The van der Waals surface area contributed by atoms with Crippen LogP contribution in [0.15, 0.2) is 48.5 Å². The number of piperidine rings is 1. The summed E-state index contributed by atoms with van der Waals surface area (Å²) in [6, 6.07) is 17.2. The fraction of sp³-hybridized carbons (Fsp3) is 0.480. The quantitative estimate of drug-likeness (QED) is 0.646. The minimum absolute atomic E-state index is 0. The van der Waals surface area contributed by atoms with Crippen LogP contribution in [0.4, 0.5) is 11.4 Å². The molecule has 6 heteroatoms. The number of aliphatic carboxylic acids is 1. The van der Waals surface area contributed by atoms with Crippen LogP contribution in [-0.4, -0.2) is 48.8 Å². The van der Waals surface area contributed by atoms with Crippen molar-refractivity contribution < 1.29 is 14.6 Å². The van der Waals surface area contributed by atoms with Crippen molar-refractivity contribution in [1.29, 1.82) is 0 Å². The van der Waals surface area contributed by atoms with Gasteiger partial charge in [0.05, 0.1) is 12.0 Å². The summed E-state index contributed by atoms with van der Waals surface area (Å²) in [5.41, 5.74) is 5.05. The molecular weight excluding hydrogens is 412 g/mol. The number of anilines is 2. The summed E-state index contributed by atoms with van der Waals surface area (Å²) in [6.45, 7) is 6.26. The Morgan fingerprint density at radius 3 is 2.61 bits per heavy atom. The molecule has 0 saturated carbocycles. The van der Waals surface area contributed by atoms with E-state index in [1.807, 2.05) is 0 Å². The van der Waals surface area contributed by atoms with Gasteiger partial charge in [0.1, 0.15) is 0 Å². The number of ether oxygens (including phenoxy) is 1. The molecule has 2 atom stereocenters. The van der Waals surface area contributed by atoms with Gasteiger partial charge in [-0.3, -0.25) is 4.79 Å². The third-order valence-corrected chi connectivity index (χ3v) is 6.34. The van der Waals surface area contributed by atoms with Crippen LogP contribution in [0.3, 0.4) is 0 Å². The second kappa shape index (κ2) is 11.0. The van der Waals surface area contributed by atoms with E-state index < -0.39 is 5.97 Å². The van der Waals surface area contributed by atoms with E-state index in [1.54, 1.807) is 0 Å². The Labute approximate surface area is 191 Å². The van der Waals surface area contributed by atoms with Crippen LogP contribution in [0.25, 0.3) is 0 Å². The highest BCUT2D eigenvalue weighted by Crippen LogP contribution is 2.41. The van der Waals surface area contributed by atoms with Crippen LogP contribution in [-0.2, 0) is 16.0 Å². The van der Waals surface area contributed by atoms with E-state index in [2.05, 4.69) is 65.3 Å². The molecule has 0 bridgehead atoms. The van der Waals surface area contributed by atoms with Crippen molar-refractivity contribution >= 4 is 29.8 Å². The lowest BCUT2D eigenvalue weighted by atomic mass is 9.98. The van der Waals surface area contributed by atoms with Crippen LogP contribution >= 0.6 is 12.4 Å². The maximum absolute atomic E-state index is 11.4. The number of para-hydroxylation sites is 2. The van der Waals surface area contributed by atoms with E-state index in [-0.39, 0.29) is 24.4 Å². The number of hydrogen-bond donors (Lipinski definition) is 1. The topological polar surface area (TPSA) is 53.0 Å². The van der Waals surface area contributed by atoms with Crippen LogP contribution in [0.2, 0.25) is 0 Å². The highest BCUT2D eigenvalue weighted by molar-refractivity contribution is 5.85. The molecule has 0 amide bonds. The molecule has 5 nitrogen and oxygen atoms in total. The SMILES string of the molecule is CCO[C@@H]1Cc2ccccc2N(CCCN2CCCC(C(=O)O)C2)c2ccccc21.Cl. The fourth-order valence-electron chi connectivity index (χ4n) is 4.90. The van der Waals surface area contributed by atoms with Crippen LogP contribution < -0.4 is 4.90 Å². The number of likely N-dealkylation sites (tertiary alicyclic amines) is 1. The molecule has 2 aromatic rings. The smallest absolute Gasteiger partial charge is 0.307 e. The van der Waals surface area contributed by atoms with E-state index in [0.717, 1.165) is 45.3 Å². The van der Waals surface area contributed by atoms with Gasteiger partial charge in [-0.25, -0.2) is 0 Å². The lowest BCUT2D eigenvalue weighted by Crippen LogP contribution is -2.39. The molecule has 4 rings (SSSR count). The average Bonchev–Trinajstić information content (AvgIpc) is 2.89. The molecule has 1 unspecified atom stereocenters. The van der Waals surface area contributed by atoms with Gasteiger partial charge in [-0.1, -0.05) is 36.4 Å². The lowest BCUT2D eigenvalue weighted by molar-refractivity contribution is -0.143. The Morgan fingerprint density at radius 1 is 1.10 bits per heavy atom. The molecule has 1 fully saturated rings. The number of fused-ring (bicyclic) bond motifs is 2. The number of halogens is 1. The lowest BCUT2D eigenvalue weighted by Gasteiger charge is -2.32. The van der Waals surface area contributed by atoms with Crippen LogP contribution in [0, 0.1) is 5.92 Å². The zero-order valence-electron chi connectivity index (χ0n) is 18.2. The molecule has 2 aliphatic heterocycles. The molecule has 0 aliphatic carbocycles. The molecule has 0 radical (unpaired) electrons. The Kier molecular flexibility index (Phi) is 8.35. The monoisotopic (exact) mass is 444 g/mol. The maximum atomic E-state index is 11.4. The first-order valence-corrected chi connectivity index (χ1v) is 11.2. The Bertz CT molecular complexity index is 875. The second-order valence-corrected chi connectivity index (χ2v) is 8.32. The molecular formula is C25H33ClN2O3. The van der Waals surface area contributed by atoms with Gasteiger partial charge in [-0.2, -0.15) is 0 Å². The van der Waals surface area contributed by atoms with Crippen molar-refractivity contribution in [2.45, 2.75) is 38.7 Å². The third kappa shape index (κ3) is 5.40. The van der Waals surface area contributed by atoms with Crippen molar-refractivity contribution in [2.75, 3.05) is 37.7 Å². The maximum Gasteiger partial charge on any atom is 0.307 e. The fourth-order valence-corrected chi connectivity index (χ4v) is 4.90. The minimum Gasteiger partial charge on any atom is -0.481 e. The summed E-state index contributed by atoms with van der Waals surface area (Å²) in [5, 5.41) is 9.36. The van der Waals surface area contributed by atoms with E-state index in [1.165, 1.54) is 22.5 Å². The highest BCUT2D eigenvalue weighted by Gasteiger charge is 2.28. The Morgan fingerprint density at radius 2 is 1.84 bits per heavy atom. The van der Waals surface area contributed by atoms with Gasteiger partial charge >= 0.3 is 5.97 Å². The summed E-state index contributed by atoms with van der Waals surface area (Å²) in [7, 11) is 0.